The van der Waals surface area contributed by atoms with Crippen LogP contribution in [-0.2, 0) is 18.4 Å². The molecule has 3 aromatic heterocycles. The van der Waals surface area contributed by atoms with Gasteiger partial charge in [0.15, 0.2) is 5.82 Å². The topological polar surface area (TPSA) is 149 Å². The van der Waals surface area contributed by atoms with Crippen molar-refractivity contribution in [3.05, 3.63) is 59.7 Å². The molecule has 3 unspecified atom stereocenters. The number of aryl methyl sites for hydroxylation is 1. The lowest BCUT2D eigenvalue weighted by atomic mass is 10.0. The molecule has 12 nitrogen and oxygen atoms in total. The minimum absolute atomic E-state index is 0.0257. The molecule has 5 aromatic rings. The Bertz CT molecular complexity index is 2200. The van der Waals surface area contributed by atoms with E-state index in [1.165, 1.54) is 0 Å². The lowest BCUT2D eigenvalue weighted by Crippen LogP contribution is -2.41. The molecule has 48 heavy (non-hydrogen) atoms. The van der Waals surface area contributed by atoms with Gasteiger partial charge in [0.25, 0.3) is 11.8 Å². The predicted molar refractivity (Wildman–Crippen MR) is 181 cm³/mol. The van der Waals surface area contributed by atoms with Crippen molar-refractivity contribution >= 4 is 45.5 Å². The molecule has 2 aliphatic carbocycles. The number of piperidine rings is 1. The second kappa shape index (κ2) is 10.6. The first-order chi connectivity index (χ1) is 23.3. The van der Waals surface area contributed by atoms with Gasteiger partial charge in [-0.25, -0.2) is 9.97 Å². The molecule has 3 fully saturated rings. The normalized spacial score (nSPS) is 21.8. The first-order valence-corrected chi connectivity index (χ1v) is 16.6. The number of nitrogens with zero attached hydrogens (tertiary/aromatic N) is 5. The molecular weight excluding hydrogens is 608 g/mol. The molecule has 5 heterocycles. The number of fused-ring (bicyclic) bond motifs is 5. The summed E-state index contributed by atoms with van der Waals surface area (Å²) in [5.41, 5.74) is 12.6. The van der Waals surface area contributed by atoms with Crippen LogP contribution in [0, 0.1) is 11.8 Å². The lowest BCUT2D eigenvalue weighted by Gasteiger charge is -2.27. The van der Waals surface area contributed by atoms with Crippen molar-refractivity contribution in [1.82, 2.24) is 29.3 Å². The highest BCUT2D eigenvalue weighted by Gasteiger charge is 2.47. The largest absolute Gasteiger partial charge is 0.494 e. The average Bonchev–Trinajstić information content (AvgIpc) is 3.56. The van der Waals surface area contributed by atoms with Crippen LogP contribution in [-0.4, -0.2) is 74.0 Å². The van der Waals surface area contributed by atoms with Crippen molar-refractivity contribution < 1.29 is 19.1 Å². The molecule has 12 heteroatoms. The van der Waals surface area contributed by atoms with Gasteiger partial charge in [-0.15, -0.1) is 0 Å². The van der Waals surface area contributed by atoms with Crippen molar-refractivity contribution in [3.8, 4) is 28.5 Å². The third-order valence-corrected chi connectivity index (χ3v) is 10.7. The fourth-order valence-corrected chi connectivity index (χ4v) is 7.93. The third-order valence-electron chi connectivity index (χ3n) is 10.7. The zero-order valence-electron chi connectivity index (χ0n) is 26.8. The molecule has 9 rings (SSSR count). The van der Waals surface area contributed by atoms with E-state index in [0.29, 0.717) is 46.5 Å². The van der Waals surface area contributed by atoms with Crippen LogP contribution in [0.1, 0.15) is 46.4 Å². The van der Waals surface area contributed by atoms with Crippen LogP contribution in [0.2, 0.25) is 0 Å². The van der Waals surface area contributed by atoms with E-state index in [1.807, 2.05) is 46.8 Å². The maximum Gasteiger partial charge on any atom is 0.254 e. The second-order valence-electron chi connectivity index (χ2n) is 13.7. The number of imidazole rings is 1. The highest BCUT2D eigenvalue weighted by atomic mass is 16.5. The number of nitrogens with one attached hydrogen (secondary N) is 2. The van der Waals surface area contributed by atoms with Gasteiger partial charge in [-0.2, -0.15) is 0 Å². The first kappa shape index (κ1) is 29.0. The van der Waals surface area contributed by atoms with Gasteiger partial charge in [0.05, 0.1) is 41.8 Å². The van der Waals surface area contributed by atoms with Crippen LogP contribution in [0.15, 0.2) is 48.5 Å². The van der Waals surface area contributed by atoms with Gasteiger partial charge < -0.3 is 35.1 Å². The number of rotatable bonds is 6. The maximum atomic E-state index is 13.8. The lowest BCUT2D eigenvalue weighted by molar-refractivity contribution is -0.115. The highest BCUT2D eigenvalue weighted by molar-refractivity contribution is 6.09. The number of nitrogens with two attached hydrogens (primary N) is 1. The number of likely N-dealkylation sites (tertiary alicyclic amines) is 1. The van der Waals surface area contributed by atoms with Crippen LogP contribution < -0.4 is 21.1 Å². The number of ether oxygens (including phenoxy) is 1. The van der Waals surface area contributed by atoms with Gasteiger partial charge in [-0.05, 0) is 80.0 Å². The van der Waals surface area contributed by atoms with E-state index in [4.69, 9.17) is 20.4 Å². The van der Waals surface area contributed by atoms with Gasteiger partial charge >= 0.3 is 0 Å². The number of amides is 3. The zero-order valence-corrected chi connectivity index (χ0v) is 26.8. The van der Waals surface area contributed by atoms with Crippen LogP contribution in [0.5, 0.6) is 5.75 Å². The second-order valence-corrected chi connectivity index (χ2v) is 13.7. The number of hydrogen-bond acceptors (Lipinski definition) is 7. The summed E-state index contributed by atoms with van der Waals surface area (Å²) in [5, 5.41) is 6.42. The minimum atomic E-state index is -0.302. The summed E-state index contributed by atoms with van der Waals surface area (Å²) in [6.45, 7) is 1.43. The van der Waals surface area contributed by atoms with Crippen molar-refractivity contribution in [2.45, 2.75) is 44.3 Å². The van der Waals surface area contributed by atoms with Gasteiger partial charge in [0, 0.05) is 48.7 Å². The van der Waals surface area contributed by atoms with Crippen molar-refractivity contribution in [1.29, 1.82) is 0 Å². The fourth-order valence-electron chi connectivity index (χ4n) is 7.93. The summed E-state index contributed by atoms with van der Waals surface area (Å²) in [6, 6.07) is 15.4. The number of carbonyl (C=O) groups is 3. The van der Waals surface area contributed by atoms with Crippen molar-refractivity contribution in [3.63, 3.8) is 0 Å². The number of anilines is 1. The predicted octanol–water partition coefficient (Wildman–Crippen LogP) is 3.92. The molecule has 4 aliphatic rings. The van der Waals surface area contributed by atoms with Crippen LogP contribution in [0.4, 0.5) is 5.69 Å². The Kier molecular flexibility index (Phi) is 6.42. The van der Waals surface area contributed by atoms with Gasteiger partial charge in [0.2, 0.25) is 5.91 Å². The molecule has 244 valence electrons. The van der Waals surface area contributed by atoms with Crippen LogP contribution in [0.3, 0.4) is 0 Å². The summed E-state index contributed by atoms with van der Waals surface area (Å²) in [5.74, 6) is 1.69. The van der Waals surface area contributed by atoms with Crippen molar-refractivity contribution in [2.75, 3.05) is 25.5 Å². The van der Waals surface area contributed by atoms with E-state index in [1.54, 1.807) is 19.2 Å². The smallest absolute Gasteiger partial charge is 0.254 e. The quantitative estimate of drug-likeness (QED) is 0.254. The number of aromatic nitrogens is 4. The number of hydrogen-bond donors (Lipinski definition) is 3. The summed E-state index contributed by atoms with van der Waals surface area (Å²) in [6.07, 6.45) is 4.35. The number of benzene rings is 2. The molecule has 4 N–H and O–H groups in total. The molecule has 2 saturated carbocycles. The van der Waals surface area contributed by atoms with E-state index >= 15 is 0 Å². The number of pyridine rings is 1. The molecule has 1 saturated heterocycles. The Hall–Kier alpha value is -5.23. The maximum absolute atomic E-state index is 13.8. The monoisotopic (exact) mass is 644 g/mol. The standard InChI is InChI=1S/C36H36N8O4/c1-42-32-26(12-22(14-29(32)48-2)36(47)44-17-21-7-10-27(44)31(21)37)41-34(42)28-13-20-6-8-24(40-33(20)43(28)16-18-3-4-18)19-5-9-25-23(11-19)35(46)38-15-30(45)39-25/h5-6,8-9,11-14,18,21,27,31H,3-4,7,10,15-17,37H2,1-2H3,(H,38,46)(H,39,45). The van der Waals surface area contributed by atoms with E-state index in [-0.39, 0.29) is 36.3 Å². The van der Waals surface area contributed by atoms with Crippen molar-refractivity contribution in [2.24, 2.45) is 24.6 Å². The van der Waals surface area contributed by atoms with E-state index in [2.05, 4.69) is 21.3 Å². The third kappa shape index (κ3) is 4.50. The van der Waals surface area contributed by atoms with E-state index in [0.717, 1.165) is 71.6 Å². The van der Waals surface area contributed by atoms with Gasteiger partial charge in [-0.1, -0.05) is 6.07 Å². The summed E-state index contributed by atoms with van der Waals surface area (Å²) >= 11 is 0. The first-order valence-electron chi connectivity index (χ1n) is 16.6. The van der Waals surface area contributed by atoms with E-state index in [9.17, 15) is 14.4 Å². The molecule has 3 amide bonds. The number of methoxy groups -OCH3 is 1. The molecule has 0 spiro atoms. The molecule has 2 aliphatic heterocycles. The SMILES string of the molecule is COc1cc(C(=O)N2CC3CCC2C3N)cc2nc(-c3cc4ccc(-c5ccc6c(c5)C(=O)NCC(=O)N6)nc4n3CC3CC3)n(C)c12. The van der Waals surface area contributed by atoms with E-state index < -0.39 is 0 Å². The summed E-state index contributed by atoms with van der Waals surface area (Å²) in [4.78, 5) is 50.7. The number of carbonyl (C=O) groups excluding carboxylic acids is 3. The van der Waals surface area contributed by atoms with Crippen LogP contribution in [0.25, 0.3) is 44.8 Å². The molecule has 2 aromatic carbocycles. The molecule has 2 bridgehead atoms. The Morgan fingerprint density at radius 3 is 2.65 bits per heavy atom. The highest BCUT2D eigenvalue weighted by Crippen LogP contribution is 2.40. The molecule has 3 atom stereocenters. The van der Waals surface area contributed by atoms with Crippen LogP contribution >= 0.6 is 0 Å². The Balaban J connectivity index is 1.13. The van der Waals surface area contributed by atoms with Gasteiger partial charge in [0.1, 0.15) is 16.9 Å². The summed E-state index contributed by atoms with van der Waals surface area (Å²) in [7, 11) is 3.60. The van der Waals surface area contributed by atoms with Gasteiger partial charge in [-0.3, -0.25) is 14.4 Å². The fraction of sp³-hybridized carbons (Fsp3) is 0.361. The Morgan fingerprint density at radius 2 is 1.90 bits per heavy atom. The Labute approximate surface area is 276 Å². The minimum Gasteiger partial charge on any atom is -0.494 e. The molecule has 0 radical (unpaired) electrons. The zero-order chi connectivity index (χ0) is 32.8. The summed E-state index contributed by atoms with van der Waals surface area (Å²) < 4.78 is 10.1. The molecular formula is C36H36N8O4. The average molecular weight is 645 g/mol. The Morgan fingerprint density at radius 1 is 1.04 bits per heavy atom.